The molecule has 13 heavy (non-hydrogen) atoms. The molecule has 1 N–H and O–H groups in total. The summed E-state index contributed by atoms with van der Waals surface area (Å²) >= 11 is 0. The number of rotatable bonds is 3. The van der Waals surface area contributed by atoms with Crippen LogP contribution in [0.4, 0.5) is 0 Å². The molecule has 1 fully saturated rings. The van der Waals surface area contributed by atoms with Gasteiger partial charge >= 0.3 is 0 Å². The summed E-state index contributed by atoms with van der Waals surface area (Å²) in [6, 6.07) is 0. The zero-order valence-corrected chi connectivity index (χ0v) is 7.99. The lowest BCUT2D eigenvalue weighted by Gasteiger charge is -2.14. The van der Waals surface area contributed by atoms with Gasteiger partial charge in [-0.05, 0) is 6.42 Å². The molecule has 74 valence electrons. The van der Waals surface area contributed by atoms with E-state index in [2.05, 4.69) is 0 Å². The quantitative estimate of drug-likeness (QED) is 0.637. The van der Waals surface area contributed by atoms with Crippen LogP contribution < -0.4 is 0 Å². The second kappa shape index (κ2) is 3.87. The molecule has 1 aliphatic heterocycles. The smallest absolute Gasteiger partial charge is 0.235 e. The number of carbonyl (C=O) groups is 2. The molecular weight excluding hydrogens is 170 g/mol. The third kappa shape index (κ3) is 1.88. The number of nitrogens with zero attached hydrogens (tertiary/aromatic N) is 1. The summed E-state index contributed by atoms with van der Waals surface area (Å²) in [6.45, 7) is 1.94. The summed E-state index contributed by atoms with van der Waals surface area (Å²) in [5.41, 5.74) is 0. The van der Waals surface area contributed by atoms with Gasteiger partial charge in [-0.1, -0.05) is 13.3 Å². The Kier molecular flexibility index (Phi) is 3.03. The van der Waals surface area contributed by atoms with Crippen molar-refractivity contribution in [3.05, 3.63) is 0 Å². The Hall–Kier alpha value is -0.900. The van der Waals surface area contributed by atoms with E-state index in [0.717, 1.165) is 11.3 Å². The van der Waals surface area contributed by atoms with Crippen LogP contribution in [0.25, 0.3) is 0 Å². The normalized spacial score (nSPS) is 25.5. The van der Waals surface area contributed by atoms with Crippen molar-refractivity contribution in [1.82, 2.24) is 4.90 Å². The van der Waals surface area contributed by atoms with E-state index >= 15 is 0 Å². The van der Waals surface area contributed by atoms with Gasteiger partial charge in [0.1, 0.15) is 0 Å². The lowest BCUT2D eigenvalue weighted by molar-refractivity contribution is -0.138. The molecule has 0 aromatic heterocycles. The van der Waals surface area contributed by atoms with E-state index in [4.69, 9.17) is 0 Å². The summed E-state index contributed by atoms with van der Waals surface area (Å²) in [5.74, 6) is -0.937. The minimum Gasteiger partial charge on any atom is -0.392 e. The van der Waals surface area contributed by atoms with Crippen LogP contribution in [-0.2, 0) is 9.59 Å². The summed E-state index contributed by atoms with van der Waals surface area (Å²) < 4.78 is 0. The van der Waals surface area contributed by atoms with Gasteiger partial charge in [-0.15, -0.1) is 0 Å². The maximum atomic E-state index is 11.4. The molecule has 0 aromatic carbocycles. The lowest BCUT2D eigenvalue weighted by atomic mass is 9.97. The highest BCUT2D eigenvalue weighted by Gasteiger charge is 2.39. The van der Waals surface area contributed by atoms with Crippen molar-refractivity contribution in [2.45, 2.75) is 32.3 Å². The van der Waals surface area contributed by atoms with Crippen LogP contribution in [0.15, 0.2) is 0 Å². The van der Waals surface area contributed by atoms with E-state index in [9.17, 15) is 14.7 Å². The summed E-state index contributed by atoms with van der Waals surface area (Å²) in [5, 5.41) is 9.56. The number of hydrogen-bond acceptors (Lipinski definition) is 3. The first kappa shape index (κ1) is 10.2. The first-order chi connectivity index (χ1) is 6.07. The Bertz CT molecular complexity index is 227. The molecule has 0 aliphatic carbocycles. The van der Waals surface area contributed by atoms with Crippen LogP contribution >= 0.6 is 0 Å². The molecule has 0 saturated carbocycles. The van der Waals surface area contributed by atoms with Crippen LogP contribution in [0, 0.1) is 5.92 Å². The number of amides is 2. The minimum atomic E-state index is -0.661. The van der Waals surface area contributed by atoms with Crippen molar-refractivity contribution in [2.24, 2.45) is 5.92 Å². The molecule has 0 bridgehead atoms. The number of imide groups is 1. The zero-order valence-electron chi connectivity index (χ0n) is 7.99. The maximum Gasteiger partial charge on any atom is 0.235 e. The van der Waals surface area contributed by atoms with Gasteiger partial charge in [0.05, 0.1) is 12.0 Å². The van der Waals surface area contributed by atoms with Gasteiger partial charge < -0.3 is 5.11 Å². The molecular formula is C9H15NO3. The minimum absolute atomic E-state index is 0.163. The molecule has 4 heteroatoms. The molecule has 0 aromatic rings. The Labute approximate surface area is 77.5 Å². The van der Waals surface area contributed by atoms with Gasteiger partial charge in [0.15, 0.2) is 0 Å². The van der Waals surface area contributed by atoms with Crippen molar-refractivity contribution >= 4 is 11.8 Å². The Morgan fingerprint density at radius 3 is 2.62 bits per heavy atom. The third-order valence-corrected chi connectivity index (χ3v) is 2.47. The summed E-state index contributed by atoms with van der Waals surface area (Å²) in [6.07, 6.45) is 0.906. The summed E-state index contributed by atoms with van der Waals surface area (Å²) in [7, 11) is 1.46. The molecule has 2 amide bonds. The average Bonchev–Trinajstić information content (AvgIpc) is 2.33. The van der Waals surface area contributed by atoms with Gasteiger partial charge in [-0.3, -0.25) is 14.5 Å². The van der Waals surface area contributed by atoms with Crippen molar-refractivity contribution in [2.75, 3.05) is 7.05 Å². The van der Waals surface area contributed by atoms with E-state index in [1.54, 1.807) is 0 Å². The number of carbonyl (C=O) groups excluding carboxylic acids is 2. The standard InChI is InChI=1S/C9H15NO3/c1-3-4-7(11)6-5-8(12)10(2)9(6)13/h6-7,11H,3-5H2,1-2H3. The van der Waals surface area contributed by atoms with Gasteiger partial charge in [-0.2, -0.15) is 0 Å². The SMILES string of the molecule is CCCC(O)C1CC(=O)N(C)C1=O. The van der Waals surface area contributed by atoms with Crippen LogP contribution in [0.1, 0.15) is 26.2 Å². The Balaban J connectivity index is 2.62. The second-order valence-corrected chi connectivity index (χ2v) is 3.46. The van der Waals surface area contributed by atoms with E-state index in [0.29, 0.717) is 6.42 Å². The molecule has 1 saturated heterocycles. The molecule has 2 atom stereocenters. The van der Waals surface area contributed by atoms with Crippen LogP contribution in [0.2, 0.25) is 0 Å². The molecule has 0 radical (unpaired) electrons. The average molecular weight is 185 g/mol. The maximum absolute atomic E-state index is 11.4. The molecule has 2 unspecified atom stereocenters. The first-order valence-electron chi connectivity index (χ1n) is 4.56. The highest BCUT2D eigenvalue weighted by Crippen LogP contribution is 2.23. The topological polar surface area (TPSA) is 57.6 Å². The van der Waals surface area contributed by atoms with E-state index in [1.807, 2.05) is 6.92 Å². The van der Waals surface area contributed by atoms with Crippen molar-refractivity contribution in [1.29, 1.82) is 0 Å². The fourth-order valence-corrected chi connectivity index (χ4v) is 1.58. The number of hydrogen-bond donors (Lipinski definition) is 1. The number of aliphatic hydroxyl groups excluding tert-OH is 1. The Morgan fingerprint density at radius 2 is 2.23 bits per heavy atom. The predicted molar refractivity (Wildman–Crippen MR) is 46.8 cm³/mol. The molecule has 1 aliphatic rings. The van der Waals surface area contributed by atoms with Crippen LogP contribution in [0.5, 0.6) is 0 Å². The first-order valence-corrected chi connectivity index (χ1v) is 4.56. The number of likely N-dealkylation sites (tertiary alicyclic amines) is 1. The Morgan fingerprint density at radius 1 is 1.62 bits per heavy atom. The molecule has 0 spiro atoms. The van der Waals surface area contributed by atoms with Crippen LogP contribution in [-0.4, -0.2) is 35.0 Å². The fraction of sp³-hybridized carbons (Fsp3) is 0.778. The molecule has 1 rings (SSSR count). The predicted octanol–water partition coefficient (Wildman–Crippen LogP) is 0.152. The van der Waals surface area contributed by atoms with Gasteiger partial charge in [0.2, 0.25) is 11.8 Å². The van der Waals surface area contributed by atoms with Crippen LogP contribution in [0.3, 0.4) is 0 Å². The van der Waals surface area contributed by atoms with Crippen molar-refractivity contribution in [3.63, 3.8) is 0 Å². The highest BCUT2D eigenvalue weighted by atomic mass is 16.3. The molecule has 4 nitrogen and oxygen atoms in total. The van der Waals surface area contributed by atoms with E-state index < -0.39 is 12.0 Å². The fourth-order valence-electron chi connectivity index (χ4n) is 1.58. The van der Waals surface area contributed by atoms with E-state index in [1.165, 1.54) is 7.05 Å². The zero-order chi connectivity index (χ0) is 10.0. The van der Waals surface area contributed by atoms with E-state index in [-0.39, 0.29) is 18.2 Å². The van der Waals surface area contributed by atoms with Gasteiger partial charge in [0.25, 0.3) is 0 Å². The molecule has 1 heterocycles. The van der Waals surface area contributed by atoms with Crippen molar-refractivity contribution in [3.8, 4) is 0 Å². The van der Waals surface area contributed by atoms with Crippen molar-refractivity contribution < 1.29 is 14.7 Å². The third-order valence-electron chi connectivity index (χ3n) is 2.47. The number of aliphatic hydroxyl groups is 1. The monoisotopic (exact) mass is 185 g/mol. The lowest BCUT2D eigenvalue weighted by Crippen LogP contribution is -2.30. The highest BCUT2D eigenvalue weighted by molar-refractivity contribution is 6.03. The largest absolute Gasteiger partial charge is 0.392 e. The van der Waals surface area contributed by atoms with Gasteiger partial charge in [-0.25, -0.2) is 0 Å². The second-order valence-electron chi connectivity index (χ2n) is 3.46. The van der Waals surface area contributed by atoms with Gasteiger partial charge in [0, 0.05) is 13.5 Å². The summed E-state index contributed by atoms with van der Waals surface area (Å²) in [4.78, 5) is 23.6.